The monoisotopic (exact) mass is 198 g/mol. The normalized spacial score (nSPS) is 29.8. The van der Waals surface area contributed by atoms with Gasteiger partial charge in [-0.2, -0.15) is 0 Å². The first kappa shape index (κ1) is 10.8. The highest BCUT2D eigenvalue weighted by molar-refractivity contribution is 5.86. The molecule has 1 saturated carbocycles. The first-order valence-corrected chi connectivity index (χ1v) is 4.43. The Morgan fingerprint density at radius 3 is 2.07 bits per heavy atom. The zero-order valence-electron chi connectivity index (χ0n) is 8.44. The Labute approximate surface area is 82.2 Å². The van der Waals surface area contributed by atoms with E-state index in [1.165, 1.54) is 6.92 Å². The van der Waals surface area contributed by atoms with Crippen LogP contribution < -0.4 is 0 Å². The molecule has 78 valence electrons. The number of hydrogen-bond donors (Lipinski definition) is 2. The van der Waals surface area contributed by atoms with Crippen LogP contribution in [0.25, 0.3) is 0 Å². The molecule has 0 bridgehead atoms. The second kappa shape index (κ2) is 3.12. The van der Waals surface area contributed by atoms with E-state index in [2.05, 4.69) is 0 Å². The van der Waals surface area contributed by atoms with Gasteiger partial charge in [0.15, 0.2) is 0 Å². The highest BCUT2D eigenvalue weighted by atomic mass is 16.4. The molecule has 0 aliphatic heterocycles. The molecule has 2 unspecified atom stereocenters. The van der Waals surface area contributed by atoms with Crippen LogP contribution in [0.4, 0.5) is 0 Å². The summed E-state index contributed by atoms with van der Waals surface area (Å²) in [5.74, 6) is -2.45. The largest absolute Gasteiger partial charge is 0.481 e. The maximum atomic E-state index is 10.8. The first-order chi connectivity index (χ1) is 6.28. The van der Waals surface area contributed by atoms with Crippen molar-refractivity contribution in [2.24, 2.45) is 17.3 Å². The Kier molecular flexibility index (Phi) is 2.39. The van der Waals surface area contributed by atoms with Gasteiger partial charge in [0.2, 0.25) is 0 Å². The lowest BCUT2D eigenvalue weighted by Crippen LogP contribution is -2.03. The molecule has 2 atom stereocenters. The minimum atomic E-state index is -0.989. The van der Waals surface area contributed by atoms with E-state index in [-0.39, 0.29) is 16.9 Å². The summed E-state index contributed by atoms with van der Waals surface area (Å²) < 4.78 is 0. The molecule has 0 spiro atoms. The molecule has 0 aromatic heterocycles. The van der Waals surface area contributed by atoms with Gasteiger partial charge in [-0.25, -0.2) is 4.79 Å². The molecule has 0 aromatic rings. The van der Waals surface area contributed by atoms with E-state index < -0.39 is 17.9 Å². The quantitative estimate of drug-likeness (QED) is 0.672. The predicted molar refractivity (Wildman–Crippen MR) is 49.8 cm³/mol. The summed E-state index contributed by atoms with van der Waals surface area (Å²) in [7, 11) is 0. The molecule has 0 amide bonds. The Morgan fingerprint density at radius 2 is 1.79 bits per heavy atom. The molecular weight excluding hydrogens is 184 g/mol. The lowest BCUT2D eigenvalue weighted by atomic mass is 10.1. The summed E-state index contributed by atoms with van der Waals surface area (Å²) in [4.78, 5) is 21.3. The maximum Gasteiger partial charge on any atom is 0.330 e. The Hall–Kier alpha value is -1.32. The number of carbonyl (C=O) groups is 2. The van der Waals surface area contributed by atoms with Crippen LogP contribution in [0, 0.1) is 17.3 Å². The van der Waals surface area contributed by atoms with Gasteiger partial charge < -0.3 is 10.2 Å². The van der Waals surface area contributed by atoms with Gasteiger partial charge in [0.05, 0.1) is 5.92 Å². The van der Waals surface area contributed by atoms with E-state index in [0.717, 1.165) is 0 Å². The smallest absolute Gasteiger partial charge is 0.330 e. The van der Waals surface area contributed by atoms with Gasteiger partial charge in [-0.15, -0.1) is 0 Å². The third kappa shape index (κ3) is 1.64. The third-order valence-electron chi connectivity index (χ3n) is 2.94. The number of aliphatic carboxylic acids is 2. The average molecular weight is 198 g/mol. The molecule has 0 heterocycles. The Morgan fingerprint density at radius 1 is 1.29 bits per heavy atom. The molecular formula is C10H14O4. The summed E-state index contributed by atoms with van der Waals surface area (Å²) >= 11 is 0. The van der Waals surface area contributed by atoms with Gasteiger partial charge in [0.1, 0.15) is 0 Å². The van der Waals surface area contributed by atoms with Crippen LogP contribution in [-0.4, -0.2) is 22.2 Å². The Bertz CT molecular complexity index is 314. The van der Waals surface area contributed by atoms with E-state index in [1.807, 2.05) is 13.8 Å². The fourth-order valence-corrected chi connectivity index (χ4v) is 1.80. The maximum absolute atomic E-state index is 10.8. The van der Waals surface area contributed by atoms with Crippen LogP contribution in [0.5, 0.6) is 0 Å². The number of allylic oxidation sites excluding steroid dienone is 1. The Balaban J connectivity index is 2.80. The molecule has 1 aliphatic rings. The van der Waals surface area contributed by atoms with E-state index in [4.69, 9.17) is 10.2 Å². The molecule has 1 fully saturated rings. The molecule has 4 heteroatoms. The molecule has 0 saturated heterocycles. The summed E-state index contributed by atoms with van der Waals surface area (Å²) in [6.45, 7) is 5.15. The number of carboxylic acid groups (broad SMARTS) is 2. The summed E-state index contributed by atoms with van der Waals surface area (Å²) in [6.07, 6.45) is 1.54. The van der Waals surface area contributed by atoms with Gasteiger partial charge in [-0.1, -0.05) is 19.9 Å². The van der Waals surface area contributed by atoms with Gasteiger partial charge in [0.25, 0.3) is 0 Å². The summed E-state index contributed by atoms with van der Waals surface area (Å²) in [5.41, 5.74) is -0.102. The standard InChI is InChI=1S/C10H14O4/c1-5(8(11)12)4-6-7(9(13)14)10(6,2)3/h4,6-7H,1-3H3,(H,11,12)(H,13,14)/b5-4-. The number of rotatable bonds is 3. The molecule has 2 N–H and O–H groups in total. The van der Waals surface area contributed by atoms with Gasteiger partial charge in [0, 0.05) is 5.57 Å². The van der Waals surface area contributed by atoms with Crippen molar-refractivity contribution in [3.8, 4) is 0 Å². The van der Waals surface area contributed by atoms with Crippen LogP contribution in [-0.2, 0) is 9.59 Å². The van der Waals surface area contributed by atoms with Crippen molar-refractivity contribution in [3.05, 3.63) is 11.6 Å². The van der Waals surface area contributed by atoms with Crippen molar-refractivity contribution >= 4 is 11.9 Å². The number of hydrogen-bond acceptors (Lipinski definition) is 2. The lowest BCUT2D eigenvalue weighted by molar-refractivity contribution is -0.139. The van der Waals surface area contributed by atoms with Crippen molar-refractivity contribution in [2.75, 3.05) is 0 Å². The van der Waals surface area contributed by atoms with Crippen LogP contribution in [0.15, 0.2) is 11.6 Å². The van der Waals surface area contributed by atoms with Crippen molar-refractivity contribution in [2.45, 2.75) is 20.8 Å². The topological polar surface area (TPSA) is 74.6 Å². The zero-order valence-corrected chi connectivity index (χ0v) is 8.44. The SMILES string of the molecule is C/C(=C/C1C(C(=O)O)C1(C)C)C(=O)O. The second-order valence-corrected chi connectivity index (χ2v) is 4.32. The second-order valence-electron chi connectivity index (χ2n) is 4.32. The zero-order chi connectivity index (χ0) is 11.1. The molecule has 0 radical (unpaired) electrons. The summed E-state index contributed by atoms with van der Waals surface area (Å²) in [5, 5.41) is 17.5. The molecule has 1 rings (SSSR count). The van der Waals surface area contributed by atoms with E-state index in [1.54, 1.807) is 6.08 Å². The van der Waals surface area contributed by atoms with Crippen LogP contribution in [0.2, 0.25) is 0 Å². The van der Waals surface area contributed by atoms with Crippen molar-refractivity contribution in [1.29, 1.82) is 0 Å². The number of carboxylic acids is 2. The van der Waals surface area contributed by atoms with Gasteiger partial charge >= 0.3 is 11.9 Å². The van der Waals surface area contributed by atoms with Crippen LogP contribution in [0.3, 0.4) is 0 Å². The van der Waals surface area contributed by atoms with Crippen LogP contribution >= 0.6 is 0 Å². The first-order valence-electron chi connectivity index (χ1n) is 4.43. The van der Waals surface area contributed by atoms with Gasteiger partial charge in [-0.3, -0.25) is 4.79 Å². The van der Waals surface area contributed by atoms with Crippen molar-refractivity contribution < 1.29 is 19.8 Å². The highest BCUT2D eigenvalue weighted by Gasteiger charge is 2.60. The third-order valence-corrected chi connectivity index (χ3v) is 2.94. The van der Waals surface area contributed by atoms with Crippen molar-refractivity contribution in [1.82, 2.24) is 0 Å². The lowest BCUT2D eigenvalue weighted by Gasteiger charge is -1.97. The van der Waals surface area contributed by atoms with Crippen LogP contribution in [0.1, 0.15) is 20.8 Å². The molecule has 4 nitrogen and oxygen atoms in total. The predicted octanol–water partition coefficient (Wildman–Crippen LogP) is 1.37. The highest BCUT2D eigenvalue weighted by Crippen LogP contribution is 2.59. The van der Waals surface area contributed by atoms with E-state index >= 15 is 0 Å². The molecule has 1 aliphatic carbocycles. The fraction of sp³-hybridized carbons (Fsp3) is 0.600. The van der Waals surface area contributed by atoms with Gasteiger partial charge in [-0.05, 0) is 18.3 Å². The minimum absolute atomic E-state index is 0.156. The van der Waals surface area contributed by atoms with Crippen molar-refractivity contribution in [3.63, 3.8) is 0 Å². The average Bonchev–Trinajstić information content (AvgIpc) is 2.52. The molecule has 14 heavy (non-hydrogen) atoms. The fourth-order valence-electron chi connectivity index (χ4n) is 1.80. The summed E-state index contributed by atoms with van der Waals surface area (Å²) in [6, 6.07) is 0. The van der Waals surface area contributed by atoms with E-state index in [0.29, 0.717) is 0 Å². The van der Waals surface area contributed by atoms with E-state index in [9.17, 15) is 9.59 Å². The molecule has 0 aromatic carbocycles. The minimum Gasteiger partial charge on any atom is -0.481 e.